The largest absolute Gasteiger partial charge is 0.492 e. The molecule has 0 aliphatic carbocycles. The summed E-state index contributed by atoms with van der Waals surface area (Å²) < 4.78 is 11.3. The Morgan fingerprint density at radius 2 is 1.77 bits per heavy atom. The van der Waals surface area contributed by atoms with Crippen molar-refractivity contribution in [2.75, 3.05) is 26.3 Å². The molecule has 3 nitrogen and oxygen atoms in total. The van der Waals surface area contributed by atoms with E-state index in [0.717, 1.165) is 25.4 Å². The second-order valence-corrected chi connectivity index (χ2v) is 5.58. The lowest BCUT2D eigenvalue weighted by molar-refractivity contribution is 0.109. The molecular formula is C19H23NO2. The maximum absolute atomic E-state index is 5.76. The number of nitrogens with one attached hydrogen (secondary N) is 1. The Hall–Kier alpha value is -1.84. The molecule has 22 heavy (non-hydrogen) atoms. The summed E-state index contributed by atoms with van der Waals surface area (Å²) >= 11 is 0. The molecule has 1 aliphatic heterocycles. The first-order chi connectivity index (χ1) is 10.9. The minimum atomic E-state index is 0.394. The predicted molar refractivity (Wildman–Crippen MR) is 89.2 cm³/mol. The molecule has 0 spiro atoms. The summed E-state index contributed by atoms with van der Waals surface area (Å²) in [7, 11) is 0. The molecule has 0 aromatic heterocycles. The van der Waals surface area contributed by atoms with Gasteiger partial charge in [0.2, 0.25) is 0 Å². The molecule has 0 amide bonds. The summed E-state index contributed by atoms with van der Waals surface area (Å²) in [5, 5.41) is 3.38. The normalized spacial score (nSPS) is 17.5. The zero-order chi connectivity index (χ0) is 15.0. The molecule has 0 saturated carbocycles. The molecule has 1 fully saturated rings. The van der Waals surface area contributed by atoms with Crippen molar-refractivity contribution >= 4 is 0 Å². The summed E-state index contributed by atoms with van der Waals surface area (Å²) in [4.78, 5) is 0. The monoisotopic (exact) mass is 297 g/mol. The third-order valence-electron chi connectivity index (χ3n) is 3.91. The van der Waals surface area contributed by atoms with Crippen LogP contribution in [0.3, 0.4) is 0 Å². The Kier molecular flexibility index (Phi) is 5.46. The maximum atomic E-state index is 5.76. The fourth-order valence-corrected chi connectivity index (χ4v) is 2.68. The van der Waals surface area contributed by atoms with E-state index in [1.165, 1.54) is 24.0 Å². The van der Waals surface area contributed by atoms with Gasteiger partial charge < -0.3 is 14.8 Å². The second-order valence-electron chi connectivity index (χ2n) is 5.58. The molecule has 3 rings (SSSR count). The van der Waals surface area contributed by atoms with E-state index in [-0.39, 0.29) is 0 Å². The molecule has 2 aromatic rings. The Morgan fingerprint density at radius 1 is 1.00 bits per heavy atom. The highest BCUT2D eigenvalue weighted by molar-refractivity contribution is 5.63. The van der Waals surface area contributed by atoms with E-state index in [4.69, 9.17) is 9.47 Å². The van der Waals surface area contributed by atoms with Crippen LogP contribution in [0.1, 0.15) is 12.8 Å². The fraction of sp³-hybridized carbons (Fsp3) is 0.368. The van der Waals surface area contributed by atoms with Crippen LogP contribution in [0.15, 0.2) is 54.6 Å². The molecule has 1 saturated heterocycles. The van der Waals surface area contributed by atoms with Crippen LogP contribution in [0.4, 0.5) is 0 Å². The van der Waals surface area contributed by atoms with Crippen LogP contribution in [0.25, 0.3) is 11.1 Å². The Labute approximate surface area is 132 Å². The first-order valence-corrected chi connectivity index (χ1v) is 8.02. The minimum absolute atomic E-state index is 0.394. The quantitative estimate of drug-likeness (QED) is 0.793. The SMILES string of the molecule is c1ccc(-c2ccc(OCCNC[C@H]3CCCO3)cc2)cc1. The van der Waals surface area contributed by atoms with E-state index in [0.29, 0.717) is 12.7 Å². The molecule has 1 atom stereocenters. The summed E-state index contributed by atoms with van der Waals surface area (Å²) in [5.74, 6) is 0.915. The van der Waals surface area contributed by atoms with E-state index in [2.05, 4.69) is 41.7 Å². The van der Waals surface area contributed by atoms with Crippen LogP contribution in [-0.2, 0) is 4.74 Å². The van der Waals surface area contributed by atoms with Crippen LogP contribution < -0.4 is 10.1 Å². The van der Waals surface area contributed by atoms with Gasteiger partial charge in [-0.3, -0.25) is 0 Å². The molecule has 0 bridgehead atoms. The molecule has 1 heterocycles. The van der Waals surface area contributed by atoms with Gasteiger partial charge in [0.15, 0.2) is 0 Å². The maximum Gasteiger partial charge on any atom is 0.119 e. The van der Waals surface area contributed by atoms with Crippen LogP contribution in [0.2, 0.25) is 0 Å². The van der Waals surface area contributed by atoms with Crippen molar-refractivity contribution < 1.29 is 9.47 Å². The molecule has 1 aliphatic rings. The zero-order valence-corrected chi connectivity index (χ0v) is 12.8. The van der Waals surface area contributed by atoms with Crippen LogP contribution in [0, 0.1) is 0 Å². The second kappa shape index (κ2) is 7.97. The van der Waals surface area contributed by atoms with Gasteiger partial charge >= 0.3 is 0 Å². The van der Waals surface area contributed by atoms with E-state index in [1.54, 1.807) is 0 Å². The Morgan fingerprint density at radius 3 is 2.50 bits per heavy atom. The molecule has 2 aromatic carbocycles. The van der Waals surface area contributed by atoms with Gasteiger partial charge in [0.05, 0.1) is 6.10 Å². The van der Waals surface area contributed by atoms with Gasteiger partial charge in [0, 0.05) is 19.7 Å². The standard InChI is InChI=1S/C19H23NO2/c1-2-5-16(6-3-1)17-8-10-18(11-9-17)22-14-12-20-15-19-7-4-13-21-19/h1-3,5-6,8-11,19-20H,4,7,12-15H2/t19-/m1/s1. The topological polar surface area (TPSA) is 30.5 Å². The number of hydrogen-bond acceptors (Lipinski definition) is 3. The molecule has 0 unspecified atom stereocenters. The fourth-order valence-electron chi connectivity index (χ4n) is 2.68. The summed E-state index contributed by atoms with van der Waals surface area (Å²) in [6, 6.07) is 18.6. The lowest BCUT2D eigenvalue weighted by Crippen LogP contribution is -2.29. The van der Waals surface area contributed by atoms with Crippen LogP contribution >= 0.6 is 0 Å². The predicted octanol–water partition coefficient (Wildman–Crippen LogP) is 3.50. The van der Waals surface area contributed by atoms with Crippen LogP contribution in [0.5, 0.6) is 5.75 Å². The third kappa shape index (κ3) is 4.33. The smallest absolute Gasteiger partial charge is 0.119 e. The Balaban J connectivity index is 1.39. The van der Waals surface area contributed by atoms with Crippen molar-refractivity contribution in [2.45, 2.75) is 18.9 Å². The summed E-state index contributed by atoms with van der Waals surface area (Å²) in [6.45, 7) is 3.37. The van der Waals surface area contributed by atoms with Crippen molar-refractivity contribution in [3.63, 3.8) is 0 Å². The molecule has 116 valence electrons. The highest BCUT2D eigenvalue weighted by Crippen LogP contribution is 2.21. The van der Waals surface area contributed by atoms with Gasteiger partial charge in [-0.05, 0) is 36.1 Å². The first kappa shape index (κ1) is 15.1. The first-order valence-electron chi connectivity index (χ1n) is 8.02. The van der Waals surface area contributed by atoms with Crippen molar-refractivity contribution in [3.8, 4) is 16.9 Å². The number of hydrogen-bond donors (Lipinski definition) is 1. The van der Waals surface area contributed by atoms with E-state index in [9.17, 15) is 0 Å². The third-order valence-corrected chi connectivity index (χ3v) is 3.91. The van der Waals surface area contributed by atoms with E-state index >= 15 is 0 Å². The number of benzene rings is 2. The highest BCUT2D eigenvalue weighted by atomic mass is 16.5. The summed E-state index contributed by atoms with van der Waals surface area (Å²) in [5.41, 5.74) is 2.44. The number of rotatable bonds is 7. The molecule has 0 radical (unpaired) electrons. The summed E-state index contributed by atoms with van der Waals surface area (Å²) in [6.07, 6.45) is 2.76. The zero-order valence-electron chi connectivity index (χ0n) is 12.8. The molecular weight excluding hydrogens is 274 g/mol. The lowest BCUT2D eigenvalue weighted by atomic mass is 10.1. The van der Waals surface area contributed by atoms with Crippen molar-refractivity contribution in [3.05, 3.63) is 54.6 Å². The molecule has 3 heteroatoms. The van der Waals surface area contributed by atoms with Gasteiger partial charge in [-0.2, -0.15) is 0 Å². The average molecular weight is 297 g/mol. The van der Waals surface area contributed by atoms with Gasteiger partial charge in [0.25, 0.3) is 0 Å². The average Bonchev–Trinajstić information content (AvgIpc) is 3.09. The van der Waals surface area contributed by atoms with E-state index < -0.39 is 0 Å². The van der Waals surface area contributed by atoms with Crippen LogP contribution in [-0.4, -0.2) is 32.4 Å². The van der Waals surface area contributed by atoms with Gasteiger partial charge in [-0.1, -0.05) is 42.5 Å². The van der Waals surface area contributed by atoms with Crippen molar-refractivity contribution in [1.82, 2.24) is 5.32 Å². The molecule has 1 N–H and O–H groups in total. The highest BCUT2D eigenvalue weighted by Gasteiger charge is 2.14. The van der Waals surface area contributed by atoms with Crippen molar-refractivity contribution in [1.29, 1.82) is 0 Å². The van der Waals surface area contributed by atoms with Gasteiger partial charge in [-0.25, -0.2) is 0 Å². The Bertz CT molecular complexity index is 547. The lowest BCUT2D eigenvalue weighted by Gasteiger charge is -2.11. The van der Waals surface area contributed by atoms with Gasteiger partial charge in [0.1, 0.15) is 12.4 Å². The minimum Gasteiger partial charge on any atom is -0.492 e. The van der Waals surface area contributed by atoms with Gasteiger partial charge in [-0.15, -0.1) is 0 Å². The number of ether oxygens (including phenoxy) is 2. The van der Waals surface area contributed by atoms with Crippen molar-refractivity contribution in [2.24, 2.45) is 0 Å². The van der Waals surface area contributed by atoms with E-state index in [1.807, 2.05) is 18.2 Å².